The van der Waals surface area contributed by atoms with Crippen molar-refractivity contribution in [3.8, 4) is 0 Å². The van der Waals surface area contributed by atoms with E-state index in [-0.39, 0.29) is 5.91 Å². The molecule has 0 aliphatic carbocycles. The number of nitrogens with one attached hydrogen (secondary N) is 1. The van der Waals surface area contributed by atoms with E-state index in [0.717, 1.165) is 41.6 Å². The quantitative estimate of drug-likeness (QED) is 0.855. The summed E-state index contributed by atoms with van der Waals surface area (Å²) in [6, 6.07) is 0.627. The molecule has 0 spiro atoms. The summed E-state index contributed by atoms with van der Waals surface area (Å²) in [5, 5.41) is 4.57. The number of piperidine rings is 2. The van der Waals surface area contributed by atoms with Crippen molar-refractivity contribution in [3.63, 3.8) is 0 Å². The molecule has 0 bridgehead atoms. The molecule has 3 heterocycles. The molecule has 2 saturated heterocycles. The predicted molar refractivity (Wildman–Crippen MR) is 76.6 cm³/mol. The van der Waals surface area contributed by atoms with Gasteiger partial charge >= 0.3 is 0 Å². The van der Waals surface area contributed by atoms with Crippen LogP contribution in [0.4, 0.5) is 0 Å². The summed E-state index contributed by atoms with van der Waals surface area (Å²) < 4.78 is 0. The number of hydrogen-bond acceptors (Lipinski definition) is 4. The molecule has 1 aromatic heterocycles. The van der Waals surface area contributed by atoms with Crippen molar-refractivity contribution >= 4 is 17.2 Å². The zero-order valence-corrected chi connectivity index (χ0v) is 12.4. The van der Waals surface area contributed by atoms with Gasteiger partial charge in [-0.2, -0.15) is 0 Å². The van der Waals surface area contributed by atoms with Gasteiger partial charge in [0.15, 0.2) is 0 Å². The van der Waals surface area contributed by atoms with Gasteiger partial charge in [0.25, 0.3) is 5.91 Å². The van der Waals surface area contributed by atoms with Gasteiger partial charge in [-0.3, -0.25) is 4.79 Å². The lowest BCUT2D eigenvalue weighted by atomic mass is 9.85. The summed E-state index contributed by atoms with van der Waals surface area (Å²) in [7, 11) is 0. The number of aryl methyl sites for hydroxylation is 2. The lowest BCUT2D eigenvalue weighted by molar-refractivity contribution is 0.0596. The van der Waals surface area contributed by atoms with Crippen molar-refractivity contribution in [2.45, 2.75) is 39.2 Å². The highest BCUT2D eigenvalue weighted by molar-refractivity contribution is 7.13. The maximum Gasteiger partial charge on any atom is 0.265 e. The van der Waals surface area contributed by atoms with Crippen LogP contribution in [0.25, 0.3) is 0 Å². The molecule has 19 heavy (non-hydrogen) atoms. The Bertz CT molecular complexity index is 485. The summed E-state index contributed by atoms with van der Waals surface area (Å²) in [5.41, 5.74) is 0.886. The Morgan fingerprint density at radius 1 is 1.42 bits per heavy atom. The highest BCUT2D eigenvalue weighted by Crippen LogP contribution is 2.27. The molecular formula is C14H21N3OS. The number of amides is 1. The van der Waals surface area contributed by atoms with Crippen LogP contribution >= 0.6 is 11.3 Å². The SMILES string of the molecule is Cc1nc(C)c(C(=O)N2CC[C@@H]3NCCC[C@@H]3C2)s1. The molecule has 1 N–H and O–H groups in total. The molecular weight excluding hydrogens is 258 g/mol. The average molecular weight is 279 g/mol. The summed E-state index contributed by atoms with van der Waals surface area (Å²) >= 11 is 1.53. The second kappa shape index (κ2) is 5.21. The van der Waals surface area contributed by atoms with Crippen LogP contribution in [0.15, 0.2) is 0 Å². The van der Waals surface area contributed by atoms with E-state index < -0.39 is 0 Å². The van der Waals surface area contributed by atoms with Gasteiger partial charge in [0.05, 0.1) is 10.7 Å². The molecule has 0 aromatic carbocycles. The number of likely N-dealkylation sites (tertiary alicyclic amines) is 1. The zero-order valence-electron chi connectivity index (χ0n) is 11.6. The molecule has 3 rings (SSSR count). The molecule has 2 aliphatic rings. The third kappa shape index (κ3) is 2.54. The van der Waals surface area contributed by atoms with Crippen LogP contribution in [0.1, 0.15) is 39.6 Å². The molecule has 2 aliphatic heterocycles. The minimum Gasteiger partial charge on any atom is -0.337 e. The van der Waals surface area contributed by atoms with Crippen molar-refractivity contribution in [1.82, 2.24) is 15.2 Å². The lowest BCUT2D eigenvalue weighted by Crippen LogP contribution is -2.53. The fourth-order valence-corrected chi connectivity index (χ4v) is 4.19. The van der Waals surface area contributed by atoms with Crippen molar-refractivity contribution in [2.75, 3.05) is 19.6 Å². The Balaban J connectivity index is 1.72. The average Bonchev–Trinajstić information content (AvgIpc) is 2.76. The Hall–Kier alpha value is -0.940. The van der Waals surface area contributed by atoms with Gasteiger partial charge < -0.3 is 10.2 Å². The maximum absolute atomic E-state index is 12.6. The molecule has 1 aromatic rings. The maximum atomic E-state index is 12.6. The van der Waals surface area contributed by atoms with E-state index in [1.807, 2.05) is 18.7 Å². The fourth-order valence-electron chi connectivity index (χ4n) is 3.30. The van der Waals surface area contributed by atoms with E-state index in [9.17, 15) is 4.79 Å². The monoisotopic (exact) mass is 279 g/mol. The van der Waals surface area contributed by atoms with E-state index in [2.05, 4.69) is 10.3 Å². The number of rotatable bonds is 1. The third-order valence-corrected chi connectivity index (χ3v) is 5.34. The first-order valence-corrected chi connectivity index (χ1v) is 7.93. The van der Waals surface area contributed by atoms with E-state index in [1.165, 1.54) is 24.2 Å². The standard InChI is InChI=1S/C14H21N3OS/c1-9-13(19-10(2)16-9)14(18)17-7-5-12-11(8-17)4-3-6-15-12/h11-12,15H,3-8H2,1-2H3/t11-,12+/m1/s1. The molecule has 2 atom stereocenters. The molecule has 104 valence electrons. The molecule has 0 unspecified atom stereocenters. The van der Waals surface area contributed by atoms with Gasteiger partial charge in [-0.25, -0.2) is 4.98 Å². The van der Waals surface area contributed by atoms with Gasteiger partial charge in [0.1, 0.15) is 4.88 Å². The number of aromatic nitrogens is 1. The fraction of sp³-hybridized carbons (Fsp3) is 0.714. The van der Waals surface area contributed by atoms with E-state index in [0.29, 0.717) is 12.0 Å². The number of carbonyl (C=O) groups excluding carboxylic acids is 1. The normalized spacial score (nSPS) is 27.2. The first-order valence-electron chi connectivity index (χ1n) is 7.12. The number of thiazole rings is 1. The third-order valence-electron chi connectivity index (χ3n) is 4.28. The Morgan fingerprint density at radius 3 is 3.00 bits per heavy atom. The summed E-state index contributed by atoms with van der Waals surface area (Å²) in [5.74, 6) is 0.827. The summed E-state index contributed by atoms with van der Waals surface area (Å²) in [6.07, 6.45) is 3.58. The second-order valence-corrected chi connectivity index (χ2v) is 6.85. The number of hydrogen-bond donors (Lipinski definition) is 1. The van der Waals surface area contributed by atoms with E-state index >= 15 is 0 Å². The largest absolute Gasteiger partial charge is 0.337 e. The Kier molecular flexibility index (Phi) is 3.58. The first-order chi connectivity index (χ1) is 9.15. The Labute approximate surface area is 118 Å². The van der Waals surface area contributed by atoms with Crippen molar-refractivity contribution in [1.29, 1.82) is 0 Å². The van der Waals surface area contributed by atoms with Crippen LogP contribution in [-0.4, -0.2) is 41.5 Å². The molecule has 0 saturated carbocycles. The van der Waals surface area contributed by atoms with Crippen molar-refractivity contribution < 1.29 is 4.79 Å². The van der Waals surface area contributed by atoms with Gasteiger partial charge in [-0.1, -0.05) is 0 Å². The number of fused-ring (bicyclic) bond motifs is 1. The topological polar surface area (TPSA) is 45.2 Å². The molecule has 2 fully saturated rings. The predicted octanol–water partition coefficient (Wildman–Crippen LogP) is 1.97. The van der Waals surface area contributed by atoms with E-state index in [1.54, 1.807) is 0 Å². The van der Waals surface area contributed by atoms with Gasteiger partial charge in [-0.05, 0) is 45.6 Å². The highest BCUT2D eigenvalue weighted by atomic mass is 32.1. The van der Waals surface area contributed by atoms with Crippen LogP contribution in [-0.2, 0) is 0 Å². The van der Waals surface area contributed by atoms with Crippen LogP contribution in [0.5, 0.6) is 0 Å². The zero-order chi connectivity index (χ0) is 13.4. The molecule has 4 nitrogen and oxygen atoms in total. The first kappa shape index (κ1) is 13.1. The van der Waals surface area contributed by atoms with Crippen LogP contribution in [0, 0.1) is 19.8 Å². The van der Waals surface area contributed by atoms with Crippen molar-refractivity contribution in [3.05, 3.63) is 15.6 Å². The Morgan fingerprint density at radius 2 is 2.26 bits per heavy atom. The summed E-state index contributed by atoms with van der Waals surface area (Å²) in [6.45, 7) is 6.83. The van der Waals surface area contributed by atoms with Gasteiger partial charge in [0, 0.05) is 19.1 Å². The van der Waals surface area contributed by atoms with Crippen molar-refractivity contribution in [2.24, 2.45) is 5.92 Å². The lowest BCUT2D eigenvalue weighted by Gasteiger charge is -2.41. The van der Waals surface area contributed by atoms with Crippen LogP contribution < -0.4 is 5.32 Å². The van der Waals surface area contributed by atoms with Crippen LogP contribution in [0.3, 0.4) is 0 Å². The smallest absolute Gasteiger partial charge is 0.265 e. The van der Waals surface area contributed by atoms with E-state index in [4.69, 9.17) is 0 Å². The highest BCUT2D eigenvalue weighted by Gasteiger charge is 2.33. The van der Waals surface area contributed by atoms with Gasteiger partial charge in [-0.15, -0.1) is 11.3 Å². The van der Waals surface area contributed by atoms with Crippen LogP contribution in [0.2, 0.25) is 0 Å². The number of carbonyl (C=O) groups is 1. The molecule has 5 heteroatoms. The van der Waals surface area contributed by atoms with Gasteiger partial charge in [0.2, 0.25) is 0 Å². The molecule has 0 radical (unpaired) electrons. The minimum atomic E-state index is 0.187. The second-order valence-electron chi connectivity index (χ2n) is 5.65. The minimum absolute atomic E-state index is 0.187. The number of nitrogens with zero attached hydrogens (tertiary/aromatic N) is 2. The summed E-state index contributed by atoms with van der Waals surface area (Å²) in [4.78, 5) is 19.8. The molecule has 1 amide bonds.